The first-order chi connectivity index (χ1) is 16.2. The summed E-state index contributed by atoms with van der Waals surface area (Å²) in [6.07, 6.45) is 3.70. The second-order valence-corrected chi connectivity index (χ2v) is 12.8. The van der Waals surface area contributed by atoms with Gasteiger partial charge >= 0.3 is 226 Å². The van der Waals surface area contributed by atoms with Gasteiger partial charge in [0, 0.05) is 0 Å². The van der Waals surface area contributed by atoms with Gasteiger partial charge in [0.05, 0.1) is 0 Å². The molecule has 0 bridgehead atoms. The Morgan fingerprint density at radius 1 is 1.15 bits per heavy atom. The van der Waals surface area contributed by atoms with Crippen molar-refractivity contribution < 1.29 is 14.7 Å². The van der Waals surface area contributed by atoms with Crippen LogP contribution in [0.15, 0.2) is 27.6 Å². The summed E-state index contributed by atoms with van der Waals surface area (Å²) >= 11 is 19.8. The van der Waals surface area contributed by atoms with Crippen LogP contribution in [0.1, 0.15) is 13.8 Å². The standard InChI is InChI=1S/C21H17Cl2N3O4S3Se/c1-3-24-12-7-10(22)11(23)8-14(12)34-15(24)6-5-13-18(29)25(4-2)20(32-13)17-19(30)26(9-16(27)28)21(31)33-17/h5-8H,3-4,9H2,1-2H3,(H,27,28)/b13-5+,15-6-,20-17-. The van der Waals surface area contributed by atoms with Crippen LogP contribution in [0.5, 0.6) is 0 Å². The first kappa shape index (κ1) is 25.5. The first-order valence-electron chi connectivity index (χ1n) is 10.0. The average Bonchev–Trinajstić information content (AvgIpc) is 3.38. The van der Waals surface area contributed by atoms with E-state index < -0.39 is 18.4 Å². The van der Waals surface area contributed by atoms with Crippen LogP contribution in [0.3, 0.4) is 0 Å². The Morgan fingerprint density at radius 3 is 2.50 bits per heavy atom. The van der Waals surface area contributed by atoms with E-state index >= 15 is 0 Å². The fourth-order valence-corrected chi connectivity index (χ4v) is 8.88. The van der Waals surface area contributed by atoms with Crippen molar-refractivity contribution in [2.24, 2.45) is 0 Å². The molecule has 13 heteroatoms. The zero-order valence-corrected chi connectivity index (χ0v) is 23.5. The molecule has 0 spiro atoms. The third-order valence-electron chi connectivity index (χ3n) is 5.03. The van der Waals surface area contributed by atoms with Crippen LogP contribution in [0.25, 0.3) is 11.0 Å². The van der Waals surface area contributed by atoms with Gasteiger partial charge in [-0.1, -0.05) is 0 Å². The van der Waals surface area contributed by atoms with Gasteiger partial charge in [0.1, 0.15) is 0 Å². The number of aliphatic carboxylic acids is 1. The summed E-state index contributed by atoms with van der Waals surface area (Å²) in [5.41, 5.74) is 0.810. The Bertz CT molecular complexity index is 1450. The number of hydrogen-bond acceptors (Lipinski definition) is 7. The number of carbonyl (C=O) groups excluding carboxylic acids is 1. The summed E-state index contributed by atoms with van der Waals surface area (Å²) in [5, 5.41) is 10.1. The van der Waals surface area contributed by atoms with E-state index in [9.17, 15) is 14.4 Å². The molecule has 0 atom stereocenters. The molecule has 34 heavy (non-hydrogen) atoms. The summed E-state index contributed by atoms with van der Waals surface area (Å²) < 4.78 is 4.83. The molecule has 2 aromatic rings. The van der Waals surface area contributed by atoms with Gasteiger partial charge in [-0.05, 0) is 0 Å². The number of hydrogen-bond donors (Lipinski definition) is 1. The third-order valence-corrected chi connectivity index (χ3v) is 10.8. The van der Waals surface area contributed by atoms with Gasteiger partial charge in [-0.2, -0.15) is 0 Å². The van der Waals surface area contributed by atoms with Gasteiger partial charge in [0.15, 0.2) is 0 Å². The zero-order chi connectivity index (χ0) is 24.7. The number of thiocarbonyl (C=S) groups is 1. The van der Waals surface area contributed by atoms with Crippen LogP contribution in [0, 0.1) is 0 Å². The van der Waals surface area contributed by atoms with Crippen molar-refractivity contribution in [1.82, 2.24) is 9.47 Å². The number of thioether (sulfide) groups is 1. The predicted molar refractivity (Wildman–Crippen MR) is 144 cm³/mol. The molecule has 0 unspecified atom stereocenters. The van der Waals surface area contributed by atoms with Crippen LogP contribution in [0.4, 0.5) is 5.69 Å². The molecular formula is C21H17Cl2N3O4S3Se. The second kappa shape index (κ2) is 10.2. The Morgan fingerprint density at radius 2 is 1.85 bits per heavy atom. The quantitative estimate of drug-likeness (QED) is 0.403. The number of carboxylic acid groups (broad SMARTS) is 1. The van der Waals surface area contributed by atoms with Crippen molar-refractivity contribution in [1.29, 1.82) is 0 Å². The third kappa shape index (κ3) is 4.63. The van der Waals surface area contributed by atoms with Crippen LogP contribution >= 0.6 is 58.5 Å². The molecule has 178 valence electrons. The first-order valence-corrected chi connectivity index (χ1v) is 14.5. The van der Waals surface area contributed by atoms with E-state index in [0.29, 0.717) is 25.8 Å². The summed E-state index contributed by atoms with van der Waals surface area (Å²) in [6.45, 7) is 4.46. The summed E-state index contributed by atoms with van der Waals surface area (Å²) in [5.74, 6) is -1.65. The molecule has 0 saturated carbocycles. The second-order valence-electron chi connectivity index (χ2n) is 7.05. The van der Waals surface area contributed by atoms with E-state index in [-0.39, 0.29) is 29.7 Å². The molecular weight excluding hydrogens is 604 g/mol. The Labute approximate surface area is 224 Å². The van der Waals surface area contributed by atoms with Crippen LogP contribution in [0.2, 0.25) is 10.0 Å². The van der Waals surface area contributed by atoms with Gasteiger partial charge in [-0.15, -0.1) is 0 Å². The molecule has 1 saturated heterocycles. The van der Waals surface area contributed by atoms with Crippen molar-refractivity contribution in [3.05, 3.63) is 52.4 Å². The van der Waals surface area contributed by atoms with Crippen molar-refractivity contribution >= 4 is 111 Å². The van der Waals surface area contributed by atoms with Crippen molar-refractivity contribution in [2.45, 2.75) is 20.4 Å². The van der Waals surface area contributed by atoms with Crippen molar-refractivity contribution in [2.75, 3.05) is 18.0 Å². The Kier molecular flexibility index (Phi) is 7.64. The minimum atomic E-state index is -1.15. The number of anilines is 1. The molecule has 7 nitrogen and oxygen atoms in total. The Hall–Kier alpha value is -1.59. The minimum absolute atomic E-state index is 0.00448. The van der Waals surface area contributed by atoms with Crippen LogP contribution in [-0.2, 0) is 16.1 Å². The number of allylic oxidation sites excluding steroid dienone is 1. The summed E-state index contributed by atoms with van der Waals surface area (Å²) in [4.78, 5) is 40.5. The van der Waals surface area contributed by atoms with Crippen molar-refractivity contribution in [3.8, 4) is 0 Å². The fourth-order valence-electron chi connectivity index (χ4n) is 3.48. The van der Waals surface area contributed by atoms with Gasteiger partial charge in [0.2, 0.25) is 0 Å². The molecule has 4 rings (SSSR count). The normalized spacial score (nSPS) is 19.1. The van der Waals surface area contributed by atoms with E-state index in [2.05, 4.69) is 4.90 Å². The zero-order valence-electron chi connectivity index (χ0n) is 17.8. The molecule has 1 amide bonds. The maximum absolute atomic E-state index is 13.1. The number of rotatable bonds is 5. The predicted octanol–water partition coefficient (Wildman–Crippen LogP) is 1.78. The molecule has 0 radical (unpaired) electrons. The van der Waals surface area contributed by atoms with Gasteiger partial charge in [-0.25, -0.2) is 0 Å². The number of amides is 1. The number of nitrogens with zero attached hydrogens (tertiary/aromatic N) is 3. The summed E-state index contributed by atoms with van der Waals surface area (Å²) in [7, 11) is 0. The monoisotopic (exact) mass is 621 g/mol. The molecule has 3 heterocycles. The van der Waals surface area contributed by atoms with Crippen LogP contribution in [-0.4, -0.2) is 58.8 Å². The molecule has 2 aliphatic heterocycles. The average molecular weight is 621 g/mol. The Balaban J connectivity index is 1.79. The number of halogens is 2. The van der Waals surface area contributed by atoms with E-state index in [1.54, 1.807) is 6.08 Å². The topological polar surface area (TPSA) is 82.8 Å². The van der Waals surface area contributed by atoms with E-state index in [0.717, 1.165) is 38.0 Å². The fraction of sp³-hybridized carbons (Fsp3) is 0.238. The molecule has 1 aromatic heterocycles. The van der Waals surface area contributed by atoms with Gasteiger partial charge in [0.25, 0.3) is 0 Å². The SMILES string of the molecule is CCN1/C(=C/C=c2/s/c(=C3\SC(=S)N(CC(=O)O)C3=O)n(CC)c2=O)[Se]c2cc(Cl)c(Cl)cc21. The molecule has 1 N–H and O–H groups in total. The maximum atomic E-state index is 13.1. The molecule has 1 fully saturated rings. The van der Waals surface area contributed by atoms with Crippen LogP contribution < -0.4 is 24.1 Å². The van der Waals surface area contributed by atoms with E-state index in [1.807, 2.05) is 32.1 Å². The van der Waals surface area contributed by atoms with E-state index in [1.165, 1.54) is 15.9 Å². The number of aromatic nitrogens is 1. The number of carbonyl (C=O) groups is 2. The molecule has 0 aliphatic carbocycles. The molecule has 1 aromatic carbocycles. The molecule has 2 aliphatic rings. The van der Waals surface area contributed by atoms with Crippen molar-refractivity contribution in [3.63, 3.8) is 0 Å². The number of fused-ring (bicyclic) bond motifs is 1. The van der Waals surface area contributed by atoms with E-state index in [4.69, 9.17) is 40.5 Å². The number of thiazole rings is 1. The van der Waals surface area contributed by atoms with Gasteiger partial charge in [-0.3, -0.25) is 0 Å². The number of carboxylic acids is 1. The number of benzene rings is 1. The summed E-state index contributed by atoms with van der Waals surface area (Å²) in [6, 6.07) is 3.76. The van der Waals surface area contributed by atoms with Gasteiger partial charge < -0.3 is 0 Å².